The smallest absolute Gasteiger partial charge is 0.145 e. The van der Waals surface area contributed by atoms with Gasteiger partial charge in [-0.2, -0.15) is 0 Å². The molecule has 1 heterocycles. The van der Waals surface area contributed by atoms with E-state index < -0.39 is 11.6 Å². The van der Waals surface area contributed by atoms with Crippen molar-refractivity contribution in [2.75, 3.05) is 10.7 Å². The summed E-state index contributed by atoms with van der Waals surface area (Å²) >= 11 is 0. The number of hydrazine groups is 1. The molecule has 0 bridgehead atoms. The number of hydrogen-bond acceptors (Lipinski definition) is 5. The summed E-state index contributed by atoms with van der Waals surface area (Å²) in [6.07, 6.45) is 0. The summed E-state index contributed by atoms with van der Waals surface area (Å²) in [5.41, 5.74) is 2.41. The number of rotatable bonds is 3. The van der Waals surface area contributed by atoms with Crippen LogP contribution in [-0.4, -0.2) is 9.97 Å². The molecule has 7 heteroatoms. The Hall–Kier alpha value is -2.28. The molecular formula is C14H17F2N5. The molecule has 0 aliphatic rings. The summed E-state index contributed by atoms with van der Waals surface area (Å²) in [5, 5.41) is 2.85. The number of halogens is 2. The van der Waals surface area contributed by atoms with Crippen LogP contribution < -0.4 is 16.6 Å². The lowest BCUT2D eigenvalue weighted by atomic mass is 9.96. The number of nitrogens with two attached hydrogens (primary N) is 1. The van der Waals surface area contributed by atoms with Gasteiger partial charge >= 0.3 is 0 Å². The van der Waals surface area contributed by atoms with E-state index in [0.717, 1.165) is 6.07 Å². The van der Waals surface area contributed by atoms with E-state index in [0.29, 0.717) is 17.5 Å². The van der Waals surface area contributed by atoms with Gasteiger partial charge in [-0.25, -0.2) is 24.6 Å². The van der Waals surface area contributed by atoms with E-state index in [1.807, 2.05) is 20.8 Å². The summed E-state index contributed by atoms with van der Waals surface area (Å²) in [5.74, 6) is 5.41. The van der Waals surface area contributed by atoms with E-state index in [2.05, 4.69) is 20.7 Å². The third-order valence-electron chi connectivity index (χ3n) is 2.68. The first-order chi connectivity index (χ1) is 9.77. The Morgan fingerprint density at radius 3 is 2.05 bits per heavy atom. The van der Waals surface area contributed by atoms with Crippen molar-refractivity contribution < 1.29 is 8.78 Å². The SMILES string of the molecule is CC(C)(C)c1nc(NN)cc(Nc2cc(F)cc(F)c2)n1. The number of anilines is 3. The zero-order chi connectivity index (χ0) is 15.6. The zero-order valence-corrected chi connectivity index (χ0v) is 12.0. The second-order valence-corrected chi connectivity index (χ2v) is 5.64. The van der Waals surface area contributed by atoms with Crippen molar-refractivity contribution in [1.29, 1.82) is 0 Å². The molecule has 0 saturated carbocycles. The molecule has 1 aromatic carbocycles. The summed E-state index contributed by atoms with van der Waals surface area (Å²) in [6, 6.07) is 4.71. The van der Waals surface area contributed by atoms with Crippen LogP contribution in [0.4, 0.5) is 26.1 Å². The molecule has 0 spiro atoms. The van der Waals surface area contributed by atoms with Gasteiger partial charge in [0.05, 0.1) is 0 Å². The number of benzene rings is 1. The topological polar surface area (TPSA) is 75.9 Å². The van der Waals surface area contributed by atoms with E-state index >= 15 is 0 Å². The van der Waals surface area contributed by atoms with Crippen LogP contribution in [0.5, 0.6) is 0 Å². The number of nitrogens with zero attached hydrogens (tertiary/aromatic N) is 2. The fourth-order valence-electron chi connectivity index (χ4n) is 1.69. The summed E-state index contributed by atoms with van der Waals surface area (Å²) in [4.78, 5) is 8.61. The molecule has 0 aliphatic heterocycles. The molecular weight excluding hydrogens is 276 g/mol. The quantitative estimate of drug-likeness (QED) is 0.599. The van der Waals surface area contributed by atoms with Gasteiger partial charge in [-0.3, -0.25) is 0 Å². The minimum absolute atomic E-state index is 0.258. The van der Waals surface area contributed by atoms with Crippen LogP contribution in [0, 0.1) is 11.6 Å². The Bertz CT molecular complexity index is 632. The molecule has 0 unspecified atom stereocenters. The summed E-state index contributed by atoms with van der Waals surface area (Å²) in [6.45, 7) is 5.86. The largest absolute Gasteiger partial charge is 0.340 e. The van der Waals surface area contributed by atoms with Gasteiger partial charge in [0.15, 0.2) is 0 Å². The number of nitrogen functional groups attached to an aromatic ring is 1. The van der Waals surface area contributed by atoms with Gasteiger partial charge in [-0.1, -0.05) is 20.8 Å². The van der Waals surface area contributed by atoms with Gasteiger partial charge in [0, 0.05) is 23.2 Å². The summed E-state index contributed by atoms with van der Waals surface area (Å²) < 4.78 is 26.4. The Morgan fingerprint density at radius 2 is 1.52 bits per heavy atom. The molecule has 2 aromatic rings. The maximum atomic E-state index is 13.2. The molecule has 0 aliphatic carbocycles. The highest BCUT2D eigenvalue weighted by molar-refractivity contribution is 5.59. The van der Waals surface area contributed by atoms with Crippen LogP contribution >= 0.6 is 0 Å². The minimum Gasteiger partial charge on any atom is -0.340 e. The Kier molecular flexibility index (Phi) is 4.04. The molecule has 0 fully saturated rings. The molecule has 4 N–H and O–H groups in total. The second kappa shape index (κ2) is 5.61. The predicted octanol–water partition coefficient (Wildman–Crippen LogP) is 3.08. The molecule has 5 nitrogen and oxygen atoms in total. The van der Waals surface area contributed by atoms with Crippen molar-refractivity contribution in [3.63, 3.8) is 0 Å². The van der Waals surface area contributed by atoms with Crippen LogP contribution in [0.3, 0.4) is 0 Å². The third kappa shape index (κ3) is 3.85. The van der Waals surface area contributed by atoms with Crippen LogP contribution in [-0.2, 0) is 5.41 Å². The van der Waals surface area contributed by atoms with Gasteiger partial charge in [-0.15, -0.1) is 0 Å². The lowest BCUT2D eigenvalue weighted by Gasteiger charge is -2.18. The predicted molar refractivity (Wildman–Crippen MR) is 78.2 cm³/mol. The van der Waals surface area contributed by atoms with Crippen molar-refractivity contribution in [2.45, 2.75) is 26.2 Å². The summed E-state index contributed by atoms with van der Waals surface area (Å²) in [7, 11) is 0. The number of hydrogen-bond donors (Lipinski definition) is 3. The first-order valence-corrected chi connectivity index (χ1v) is 6.37. The third-order valence-corrected chi connectivity index (χ3v) is 2.68. The maximum Gasteiger partial charge on any atom is 0.145 e. The van der Waals surface area contributed by atoms with Crippen molar-refractivity contribution in [2.24, 2.45) is 5.84 Å². The van der Waals surface area contributed by atoms with Crippen LogP contribution in [0.15, 0.2) is 24.3 Å². The van der Waals surface area contributed by atoms with Crippen LogP contribution in [0.1, 0.15) is 26.6 Å². The van der Waals surface area contributed by atoms with E-state index in [4.69, 9.17) is 5.84 Å². The lowest BCUT2D eigenvalue weighted by Crippen LogP contribution is -2.19. The average molecular weight is 293 g/mol. The monoisotopic (exact) mass is 293 g/mol. The second-order valence-electron chi connectivity index (χ2n) is 5.64. The van der Waals surface area contributed by atoms with Gasteiger partial charge < -0.3 is 10.7 Å². The molecule has 1 aromatic heterocycles. The van der Waals surface area contributed by atoms with Crippen LogP contribution in [0.2, 0.25) is 0 Å². The van der Waals surface area contributed by atoms with Crippen molar-refractivity contribution >= 4 is 17.3 Å². The first kappa shape index (κ1) is 15.1. The van der Waals surface area contributed by atoms with Gasteiger partial charge in [0.25, 0.3) is 0 Å². The molecule has 21 heavy (non-hydrogen) atoms. The van der Waals surface area contributed by atoms with E-state index in [1.165, 1.54) is 12.1 Å². The standard InChI is InChI=1S/C14H17F2N5/c1-14(2,3)13-19-11(7-12(20-13)21-17)18-10-5-8(15)4-9(16)6-10/h4-7H,17H2,1-3H3,(H2,18,19,20,21). The highest BCUT2D eigenvalue weighted by atomic mass is 19.1. The Morgan fingerprint density at radius 1 is 0.952 bits per heavy atom. The first-order valence-electron chi connectivity index (χ1n) is 6.37. The van der Waals surface area contributed by atoms with E-state index in [9.17, 15) is 8.78 Å². The van der Waals surface area contributed by atoms with Crippen molar-refractivity contribution in [1.82, 2.24) is 9.97 Å². The normalized spacial score (nSPS) is 11.3. The highest BCUT2D eigenvalue weighted by Gasteiger charge is 2.19. The Labute approximate surface area is 121 Å². The molecule has 0 amide bonds. The fourth-order valence-corrected chi connectivity index (χ4v) is 1.69. The van der Waals surface area contributed by atoms with Gasteiger partial charge in [0.1, 0.15) is 29.1 Å². The fraction of sp³-hybridized carbons (Fsp3) is 0.286. The van der Waals surface area contributed by atoms with Crippen LogP contribution in [0.25, 0.3) is 0 Å². The van der Waals surface area contributed by atoms with Crippen molar-refractivity contribution in [3.05, 3.63) is 41.7 Å². The molecule has 2 rings (SSSR count). The molecule has 0 saturated heterocycles. The maximum absolute atomic E-state index is 13.2. The number of nitrogens with one attached hydrogen (secondary N) is 2. The Balaban J connectivity index is 2.39. The van der Waals surface area contributed by atoms with Crippen molar-refractivity contribution in [3.8, 4) is 0 Å². The average Bonchev–Trinajstić information content (AvgIpc) is 2.36. The molecule has 0 atom stereocenters. The minimum atomic E-state index is -0.667. The molecule has 0 radical (unpaired) electrons. The number of aromatic nitrogens is 2. The van der Waals surface area contributed by atoms with Gasteiger partial charge in [0.2, 0.25) is 0 Å². The zero-order valence-electron chi connectivity index (χ0n) is 12.0. The van der Waals surface area contributed by atoms with E-state index in [1.54, 1.807) is 6.07 Å². The molecule has 112 valence electrons. The van der Waals surface area contributed by atoms with E-state index in [-0.39, 0.29) is 11.1 Å². The highest BCUT2D eigenvalue weighted by Crippen LogP contribution is 2.24. The van der Waals surface area contributed by atoms with Gasteiger partial charge in [-0.05, 0) is 12.1 Å². The lowest BCUT2D eigenvalue weighted by molar-refractivity contribution is 0.547.